The van der Waals surface area contributed by atoms with Crippen LogP contribution in [-0.4, -0.2) is 41.5 Å². The summed E-state index contributed by atoms with van der Waals surface area (Å²) < 4.78 is 0. The van der Waals surface area contributed by atoms with Crippen LogP contribution in [0.25, 0.3) is 10.6 Å². The zero-order valence-electron chi connectivity index (χ0n) is 11.7. The SMILES string of the molecule is C[C@H]1CNCCN1C(=O)c1csc(-c2ccccc2Cl)n1. The summed E-state index contributed by atoms with van der Waals surface area (Å²) in [7, 11) is 0. The minimum absolute atomic E-state index is 0.00134. The third kappa shape index (κ3) is 2.95. The molecule has 1 aromatic heterocycles. The van der Waals surface area contributed by atoms with E-state index in [0.29, 0.717) is 10.7 Å². The predicted molar refractivity (Wildman–Crippen MR) is 85.9 cm³/mol. The Kier molecular flexibility index (Phi) is 4.24. The molecule has 0 aliphatic carbocycles. The van der Waals surface area contributed by atoms with Gasteiger partial charge in [-0.05, 0) is 13.0 Å². The first-order valence-electron chi connectivity index (χ1n) is 6.89. The molecule has 0 radical (unpaired) electrons. The van der Waals surface area contributed by atoms with Gasteiger partial charge in [0.1, 0.15) is 10.7 Å². The largest absolute Gasteiger partial charge is 0.332 e. The molecule has 1 aromatic carbocycles. The van der Waals surface area contributed by atoms with Crippen LogP contribution in [0.4, 0.5) is 0 Å². The Hall–Kier alpha value is -1.43. The van der Waals surface area contributed by atoms with Gasteiger partial charge in [-0.1, -0.05) is 29.8 Å². The highest BCUT2D eigenvalue weighted by Crippen LogP contribution is 2.30. The van der Waals surface area contributed by atoms with Gasteiger partial charge in [0.2, 0.25) is 0 Å². The highest BCUT2D eigenvalue weighted by molar-refractivity contribution is 7.13. The zero-order chi connectivity index (χ0) is 14.8. The quantitative estimate of drug-likeness (QED) is 0.925. The Labute approximate surface area is 132 Å². The number of nitrogens with zero attached hydrogens (tertiary/aromatic N) is 2. The Morgan fingerprint density at radius 1 is 1.48 bits per heavy atom. The van der Waals surface area contributed by atoms with Crippen molar-refractivity contribution < 1.29 is 4.79 Å². The van der Waals surface area contributed by atoms with Gasteiger partial charge in [-0.25, -0.2) is 4.98 Å². The van der Waals surface area contributed by atoms with Crippen molar-refractivity contribution in [1.82, 2.24) is 15.2 Å². The molecule has 0 spiro atoms. The number of nitrogens with one attached hydrogen (secondary N) is 1. The lowest BCUT2D eigenvalue weighted by atomic mass is 10.2. The number of rotatable bonds is 2. The summed E-state index contributed by atoms with van der Waals surface area (Å²) in [6.07, 6.45) is 0. The molecule has 1 aliphatic rings. The zero-order valence-corrected chi connectivity index (χ0v) is 13.2. The lowest BCUT2D eigenvalue weighted by molar-refractivity contribution is 0.0650. The number of amides is 1. The monoisotopic (exact) mass is 321 g/mol. The number of piperazine rings is 1. The van der Waals surface area contributed by atoms with E-state index >= 15 is 0 Å². The molecular weight excluding hydrogens is 306 g/mol. The molecule has 1 amide bonds. The fourth-order valence-corrected chi connectivity index (χ4v) is 3.53. The fourth-order valence-electron chi connectivity index (χ4n) is 2.42. The minimum atomic E-state index is -0.00134. The number of thiazole rings is 1. The van der Waals surface area contributed by atoms with Crippen molar-refractivity contribution in [2.24, 2.45) is 0 Å². The molecule has 2 aromatic rings. The van der Waals surface area contributed by atoms with E-state index in [1.165, 1.54) is 11.3 Å². The van der Waals surface area contributed by atoms with E-state index in [1.54, 1.807) is 0 Å². The smallest absolute Gasteiger partial charge is 0.273 e. The first-order chi connectivity index (χ1) is 10.2. The summed E-state index contributed by atoms with van der Waals surface area (Å²) in [5, 5.41) is 6.53. The number of benzene rings is 1. The molecule has 3 rings (SSSR count). The van der Waals surface area contributed by atoms with E-state index in [0.717, 1.165) is 30.2 Å². The predicted octanol–water partition coefficient (Wildman–Crippen LogP) is 2.90. The van der Waals surface area contributed by atoms with Crippen LogP contribution in [0, 0.1) is 0 Å². The Morgan fingerprint density at radius 2 is 2.29 bits per heavy atom. The van der Waals surface area contributed by atoms with Crippen LogP contribution in [0.1, 0.15) is 17.4 Å². The van der Waals surface area contributed by atoms with Gasteiger partial charge < -0.3 is 10.2 Å². The first kappa shape index (κ1) is 14.5. The van der Waals surface area contributed by atoms with Gasteiger partial charge in [0.05, 0.1) is 5.02 Å². The second kappa shape index (κ2) is 6.13. The second-order valence-corrected chi connectivity index (χ2v) is 6.33. The molecular formula is C15H16ClN3OS. The van der Waals surface area contributed by atoms with Crippen molar-refractivity contribution in [2.45, 2.75) is 13.0 Å². The van der Waals surface area contributed by atoms with Crippen LogP contribution in [0.15, 0.2) is 29.6 Å². The maximum atomic E-state index is 12.5. The van der Waals surface area contributed by atoms with Gasteiger partial charge in [0, 0.05) is 36.6 Å². The number of carbonyl (C=O) groups excluding carboxylic acids is 1. The van der Waals surface area contributed by atoms with Crippen molar-refractivity contribution >= 4 is 28.8 Å². The maximum Gasteiger partial charge on any atom is 0.273 e. The first-order valence-corrected chi connectivity index (χ1v) is 8.14. The lowest BCUT2D eigenvalue weighted by Crippen LogP contribution is -2.52. The van der Waals surface area contributed by atoms with Gasteiger partial charge in [0.25, 0.3) is 5.91 Å². The van der Waals surface area contributed by atoms with Gasteiger partial charge in [-0.2, -0.15) is 0 Å². The normalized spacial score (nSPS) is 18.8. The molecule has 6 heteroatoms. The van der Waals surface area contributed by atoms with Crippen LogP contribution in [0.5, 0.6) is 0 Å². The van der Waals surface area contributed by atoms with Crippen LogP contribution in [-0.2, 0) is 0 Å². The third-order valence-corrected chi connectivity index (χ3v) is 4.79. The molecule has 1 aliphatic heterocycles. The summed E-state index contributed by atoms with van der Waals surface area (Å²) in [4.78, 5) is 18.9. The van der Waals surface area contributed by atoms with Crippen molar-refractivity contribution in [2.75, 3.05) is 19.6 Å². The van der Waals surface area contributed by atoms with Gasteiger partial charge in [-0.15, -0.1) is 11.3 Å². The molecule has 4 nitrogen and oxygen atoms in total. The maximum absolute atomic E-state index is 12.5. The molecule has 0 unspecified atom stereocenters. The van der Waals surface area contributed by atoms with Crippen LogP contribution in [0.3, 0.4) is 0 Å². The Bertz CT molecular complexity index is 658. The van der Waals surface area contributed by atoms with Gasteiger partial charge >= 0.3 is 0 Å². The summed E-state index contributed by atoms with van der Waals surface area (Å²) >= 11 is 7.63. The standard InChI is InChI=1S/C15H16ClN3OS/c1-10-8-17-6-7-19(10)15(20)13-9-21-14(18-13)11-4-2-3-5-12(11)16/h2-5,9-10,17H,6-8H2,1H3/t10-/m0/s1. The number of carbonyl (C=O) groups is 1. The van der Waals surface area contributed by atoms with E-state index in [1.807, 2.05) is 41.5 Å². The van der Waals surface area contributed by atoms with Crippen LogP contribution < -0.4 is 5.32 Å². The van der Waals surface area contributed by atoms with E-state index in [9.17, 15) is 4.79 Å². The van der Waals surface area contributed by atoms with Gasteiger partial charge in [0.15, 0.2) is 0 Å². The highest BCUT2D eigenvalue weighted by atomic mass is 35.5. The van der Waals surface area contributed by atoms with Crippen molar-refractivity contribution in [3.8, 4) is 10.6 Å². The molecule has 0 bridgehead atoms. The molecule has 21 heavy (non-hydrogen) atoms. The number of hydrogen-bond acceptors (Lipinski definition) is 4. The number of aromatic nitrogens is 1. The molecule has 2 heterocycles. The van der Waals surface area contributed by atoms with E-state index in [2.05, 4.69) is 10.3 Å². The summed E-state index contributed by atoms with van der Waals surface area (Å²) in [6, 6.07) is 7.74. The molecule has 110 valence electrons. The Morgan fingerprint density at radius 3 is 3.05 bits per heavy atom. The topological polar surface area (TPSA) is 45.2 Å². The highest BCUT2D eigenvalue weighted by Gasteiger charge is 2.25. The van der Waals surface area contributed by atoms with Crippen molar-refractivity contribution in [3.63, 3.8) is 0 Å². The Balaban J connectivity index is 1.85. The van der Waals surface area contributed by atoms with Crippen LogP contribution in [0.2, 0.25) is 5.02 Å². The third-order valence-electron chi connectivity index (χ3n) is 3.59. The number of halogens is 1. The van der Waals surface area contributed by atoms with Crippen molar-refractivity contribution in [3.05, 3.63) is 40.4 Å². The van der Waals surface area contributed by atoms with E-state index < -0.39 is 0 Å². The molecule has 1 fully saturated rings. The van der Waals surface area contributed by atoms with Gasteiger partial charge in [-0.3, -0.25) is 4.79 Å². The van der Waals surface area contributed by atoms with Crippen molar-refractivity contribution in [1.29, 1.82) is 0 Å². The van der Waals surface area contributed by atoms with E-state index in [4.69, 9.17) is 11.6 Å². The minimum Gasteiger partial charge on any atom is -0.332 e. The fraction of sp³-hybridized carbons (Fsp3) is 0.333. The summed E-state index contributed by atoms with van der Waals surface area (Å²) in [6.45, 7) is 4.43. The molecule has 1 atom stereocenters. The lowest BCUT2D eigenvalue weighted by Gasteiger charge is -2.33. The molecule has 1 N–H and O–H groups in total. The van der Waals surface area contributed by atoms with E-state index in [-0.39, 0.29) is 11.9 Å². The van der Waals surface area contributed by atoms with Crippen LogP contribution >= 0.6 is 22.9 Å². The summed E-state index contributed by atoms with van der Waals surface area (Å²) in [5.74, 6) is -0.00134. The second-order valence-electron chi connectivity index (χ2n) is 5.07. The average molecular weight is 322 g/mol. The number of hydrogen-bond donors (Lipinski definition) is 1. The molecule has 1 saturated heterocycles. The average Bonchev–Trinajstić information content (AvgIpc) is 2.97. The summed E-state index contributed by atoms with van der Waals surface area (Å²) in [5.41, 5.74) is 1.38. The molecule has 0 saturated carbocycles.